The van der Waals surface area contributed by atoms with Crippen molar-refractivity contribution >= 4 is 23.0 Å². The second-order valence-electron chi connectivity index (χ2n) is 5.80. The molecule has 0 spiro atoms. The number of fused-ring (bicyclic) bond motifs is 1. The van der Waals surface area contributed by atoms with Crippen LogP contribution in [0.4, 0.5) is 5.95 Å². The summed E-state index contributed by atoms with van der Waals surface area (Å²) in [5.41, 5.74) is 1.60. The molecule has 0 aliphatic rings. The summed E-state index contributed by atoms with van der Waals surface area (Å²) in [7, 11) is 0. The van der Waals surface area contributed by atoms with Gasteiger partial charge in [0.05, 0.1) is 25.2 Å². The first-order chi connectivity index (χ1) is 12.1. The first-order valence-electron chi connectivity index (χ1n) is 7.91. The number of hydrogen-bond acceptors (Lipinski definition) is 6. The fourth-order valence-electron chi connectivity index (χ4n) is 2.43. The molecule has 3 N–H and O–H groups in total. The van der Waals surface area contributed by atoms with Gasteiger partial charge in [-0.15, -0.1) is 0 Å². The Labute approximate surface area is 144 Å². The Kier molecular flexibility index (Phi) is 5.01. The standard InChI is InChI=1S/C17H19N5O3/c1-11(24)13(9-23)8-22-10-19-14-7-18-17(20-15(14)22)21-16(25)12-5-3-2-4-6-12/h2-7,10-11,13,23-24H,8-9H2,1H3,(H,18,20,21,25)/t11-,13+/m1/s1. The molecule has 0 aliphatic carbocycles. The zero-order chi connectivity index (χ0) is 17.8. The Morgan fingerprint density at radius 3 is 2.72 bits per heavy atom. The number of aliphatic hydroxyl groups is 2. The molecule has 1 aromatic carbocycles. The van der Waals surface area contributed by atoms with Gasteiger partial charge in [-0.3, -0.25) is 10.1 Å². The van der Waals surface area contributed by atoms with E-state index in [-0.39, 0.29) is 24.4 Å². The van der Waals surface area contributed by atoms with Gasteiger partial charge < -0.3 is 14.8 Å². The molecule has 0 saturated heterocycles. The van der Waals surface area contributed by atoms with E-state index in [1.807, 2.05) is 6.07 Å². The number of imidazole rings is 1. The Bertz CT molecular complexity index is 863. The van der Waals surface area contributed by atoms with Crippen molar-refractivity contribution in [3.05, 3.63) is 48.4 Å². The molecular formula is C17H19N5O3. The number of hydrogen-bond donors (Lipinski definition) is 3. The molecule has 8 nitrogen and oxygen atoms in total. The molecule has 130 valence electrons. The molecule has 2 atom stereocenters. The van der Waals surface area contributed by atoms with E-state index in [1.165, 1.54) is 6.20 Å². The van der Waals surface area contributed by atoms with Crippen LogP contribution in [0.1, 0.15) is 17.3 Å². The lowest BCUT2D eigenvalue weighted by molar-refractivity contribution is 0.0711. The number of carbonyl (C=O) groups excluding carboxylic acids is 1. The number of aromatic nitrogens is 4. The third-order valence-corrected chi connectivity index (χ3v) is 3.97. The van der Waals surface area contributed by atoms with Crippen molar-refractivity contribution in [1.82, 2.24) is 19.5 Å². The van der Waals surface area contributed by atoms with Crippen LogP contribution in [0.2, 0.25) is 0 Å². The van der Waals surface area contributed by atoms with Gasteiger partial charge in [0.2, 0.25) is 5.95 Å². The minimum atomic E-state index is -0.665. The molecule has 3 aromatic rings. The third-order valence-electron chi connectivity index (χ3n) is 3.97. The maximum Gasteiger partial charge on any atom is 0.258 e. The molecule has 0 saturated carbocycles. The quantitative estimate of drug-likeness (QED) is 0.618. The van der Waals surface area contributed by atoms with Gasteiger partial charge in [-0.25, -0.2) is 9.97 Å². The number of amides is 1. The lowest BCUT2D eigenvalue weighted by atomic mass is 10.1. The fraction of sp³-hybridized carbons (Fsp3) is 0.294. The van der Waals surface area contributed by atoms with Crippen LogP contribution in [0, 0.1) is 5.92 Å². The summed E-state index contributed by atoms with van der Waals surface area (Å²) in [4.78, 5) is 24.9. The maximum atomic E-state index is 12.2. The number of aliphatic hydroxyl groups excluding tert-OH is 2. The number of benzene rings is 1. The van der Waals surface area contributed by atoms with Gasteiger partial charge in [-0.05, 0) is 19.1 Å². The van der Waals surface area contributed by atoms with E-state index in [4.69, 9.17) is 0 Å². The summed E-state index contributed by atoms with van der Waals surface area (Å²) >= 11 is 0. The fourth-order valence-corrected chi connectivity index (χ4v) is 2.43. The normalized spacial score (nSPS) is 13.6. The molecule has 0 bridgehead atoms. The van der Waals surface area contributed by atoms with E-state index in [0.717, 1.165) is 0 Å². The van der Waals surface area contributed by atoms with E-state index in [0.29, 0.717) is 23.3 Å². The van der Waals surface area contributed by atoms with Gasteiger partial charge in [0.25, 0.3) is 5.91 Å². The van der Waals surface area contributed by atoms with Gasteiger partial charge in [0, 0.05) is 18.0 Å². The Morgan fingerprint density at radius 2 is 2.04 bits per heavy atom. The smallest absolute Gasteiger partial charge is 0.258 e. The van der Waals surface area contributed by atoms with Gasteiger partial charge in [-0.1, -0.05) is 18.2 Å². The molecule has 8 heteroatoms. The summed E-state index contributed by atoms with van der Waals surface area (Å²) < 4.78 is 1.72. The van der Waals surface area contributed by atoms with Gasteiger partial charge in [-0.2, -0.15) is 4.98 Å². The number of anilines is 1. The van der Waals surface area contributed by atoms with Crippen LogP contribution in [-0.4, -0.2) is 48.4 Å². The predicted octanol–water partition coefficient (Wildman–Crippen LogP) is 1.07. The van der Waals surface area contributed by atoms with E-state index < -0.39 is 6.10 Å². The summed E-state index contributed by atoms with van der Waals surface area (Å²) in [5, 5.41) is 21.7. The average molecular weight is 341 g/mol. The van der Waals surface area contributed by atoms with Crippen LogP contribution in [0.25, 0.3) is 11.2 Å². The second kappa shape index (κ2) is 7.37. The summed E-state index contributed by atoms with van der Waals surface area (Å²) in [6.07, 6.45) is 2.43. The van der Waals surface area contributed by atoms with Crippen LogP contribution < -0.4 is 5.32 Å². The van der Waals surface area contributed by atoms with Crippen LogP contribution in [-0.2, 0) is 6.54 Å². The van der Waals surface area contributed by atoms with Crippen molar-refractivity contribution in [2.24, 2.45) is 5.92 Å². The van der Waals surface area contributed by atoms with Gasteiger partial charge >= 0.3 is 0 Å². The monoisotopic (exact) mass is 341 g/mol. The third kappa shape index (κ3) is 3.81. The van der Waals surface area contributed by atoms with Gasteiger partial charge in [0.15, 0.2) is 5.65 Å². The molecule has 2 heterocycles. The summed E-state index contributed by atoms with van der Waals surface area (Å²) in [6.45, 7) is 1.83. The molecular weight excluding hydrogens is 322 g/mol. The molecule has 0 aliphatic heterocycles. The Hall–Kier alpha value is -2.84. The largest absolute Gasteiger partial charge is 0.396 e. The highest BCUT2D eigenvalue weighted by molar-refractivity contribution is 6.03. The van der Waals surface area contributed by atoms with E-state index in [1.54, 1.807) is 42.1 Å². The Balaban J connectivity index is 1.84. The van der Waals surface area contributed by atoms with Crippen LogP contribution in [0.15, 0.2) is 42.9 Å². The van der Waals surface area contributed by atoms with Crippen molar-refractivity contribution in [3.63, 3.8) is 0 Å². The predicted molar refractivity (Wildman–Crippen MR) is 92.0 cm³/mol. The molecule has 0 fully saturated rings. The van der Waals surface area contributed by atoms with Crippen molar-refractivity contribution in [2.45, 2.75) is 19.6 Å². The highest BCUT2D eigenvalue weighted by atomic mass is 16.3. The summed E-state index contributed by atoms with van der Waals surface area (Å²) in [6, 6.07) is 8.79. The lowest BCUT2D eigenvalue weighted by Gasteiger charge is -2.17. The molecule has 25 heavy (non-hydrogen) atoms. The zero-order valence-corrected chi connectivity index (χ0v) is 13.7. The second-order valence-corrected chi connectivity index (χ2v) is 5.80. The minimum Gasteiger partial charge on any atom is -0.396 e. The van der Waals surface area contributed by atoms with Crippen molar-refractivity contribution in [1.29, 1.82) is 0 Å². The van der Waals surface area contributed by atoms with E-state index in [9.17, 15) is 15.0 Å². The molecule has 3 rings (SSSR count). The minimum absolute atomic E-state index is 0.153. The number of nitrogens with zero attached hydrogens (tertiary/aromatic N) is 4. The zero-order valence-electron chi connectivity index (χ0n) is 13.7. The van der Waals surface area contributed by atoms with Crippen LogP contribution in [0.5, 0.6) is 0 Å². The number of nitrogens with one attached hydrogen (secondary N) is 1. The first-order valence-corrected chi connectivity index (χ1v) is 7.91. The van der Waals surface area contributed by atoms with E-state index in [2.05, 4.69) is 20.3 Å². The highest BCUT2D eigenvalue weighted by Gasteiger charge is 2.17. The highest BCUT2D eigenvalue weighted by Crippen LogP contribution is 2.15. The molecule has 0 unspecified atom stereocenters. The molecule has 2 aromatic heterocycles. The van der Waals surface area contributed by atoms with Crippen molar-refractivity contribution in [2.75, 3.05) is 11.9 Å². The van der Waals surface area contributed by atoms with Crippen molar-refractivity contribution in [3.8, 4) is 0 Å². The number of rotatable bonds is 6. The lowest BCUT2D eigenvalue weighted by Crippen LogP contribution is -2.25. The van der Waals surface area contributed by atoms with Crippen molar-refractivity contribution < 1.29 is 15.0 Å². The topological polar surface area (TPSA) is 113 Å². The maximum absolute atomic E-state index is 12.2. The molecule has 1 amide bonds. The van der Waals surface area contributed by atoms with Crippen LogP contribution >= 0.6 is 0 Å². The van der Waals surface area contributed by atoms with E-state index >= 15 is 0 Å². The van der Waals surface area contributed by atoms with Crippen LogP contribution in [0.3, 0.4) is 0 Å². The molecule has 0 radical (unpaired) electrons. The van der Waals surface area contributed by atoms with Gasteiger partial charge in [0.1, 0.15) is 5.52 Å². The Morgan fingerprint density at radius 1 is 1.28 bits per heavy atom. The summed E-state index contributed by atoms with van der Waals surface area (Å²) in [5.74, 6) is -0.473. The number of carbonyl (C=O) groups is 1. The first kappa shape index (κ1) is 17.0. The average Bonchev–Trinajstić information content (AvgIpc) is 3.02. The SMILES string of the molecule is C[C@@H](O)[C@H](CO)Cn1cnc2cnc(NC(=O)c3ccccc3)nc21.